The Morgan fingerprint density at radius 3 is 3.06 bits per heavy atom. The van der Waals surface area contributed by atoms with E-state index in [9.17, 15) is 9.59 Å². The normalized spacial score (nSPS) is 35.6. The minimum absolute atomic E-state index is 0.133. The first-order valence-corrected chi connectivity index (χ1v) is 6.56. The lowest BCUT2D eigenvalue weighted by Crippen LogP contribution is -2.53. The molecule has 0 aromatic rings. The summed E-state index contributed by atoms with van der Waals surface area (Å²) in [5.41, 5.74) is -0.428. The largest absolute Gasteiger partial charge is 0.469 e. The van der Waals surface area contributed by atoms with E-state index in [-0.39, 0.29) is 11.9 Å². The number of ketones is 1. The fraction of sp³-hybridized carbons (Fsp3) is 0.818. The predicted molar refractivity (Wildman–Crippen MR) is 67.0 cm³/mol. The number of Topliss-reactive ketones (excluding diaryl/α,β-unsaturated/α-hetero) is 1. The number of ether oxygens (including phenoxy) is 1. The SMILES string of the molecule is COC(=O)[C@]12CCC(=O)C[C@@H]1CCN(I)C2. The third kappa shape index (κ3) is 1.99. The molecular weight excluding hydrogens is 321 g/mol. The third-order valence-electron chi connectivity index (χ3n) is 3.87. The number of rotatable bonds is 1. The van der Waals surface area contributed by atoms with Crippen LogP contribution in [0.4, 0.5) is 0 Å². The molecular formula is C11H16INO3. The number of hydrogen-bond acceptors (Lipinski definition) is 4. The second-order valence-corrected chi connectivity index (χ2v) is 6.09. The third-order valence-corrected chi connectivity index (χ3v) is 4.69. The van der Waals surface area contributed by atoms with Crippen molar-refractivity contribution in [2.45, 2.75) is 25.7 Å². The van der Waals surface area contributed by atoms with Crippen LogP contribution in [0.25, 0.3) is 0 Å². The van der Waals surface area contributed by atoms with Gasteiger partial charge < -0.3 is 4.74 Å². The Kier molecular flexibility index (Phi) is 3.53. The minimum atomic E-state index is -0.428. The first-order valence-electron chi connectivity index (χ1n) is 5.59. The van der Waals surface area contributed by atoms with Crippen LogP contribution in [0.2, 0.25) is 0 Å². The molecule has 0 radical (unpaired) electrons. The Morgan fingerprint density at radius 2 is 2.38 bits per heavy atom. The molecule has 1 heterocycles. The molecule has 0 aromatic heterocycles. The molecule has 2 fully saturated rings. The Morgan fingerprint density at radius 1 is 1.62 bits per heavy atom. The molecule has 2 atom stereocenters. The van der Waals surface area contributed by atoms with Crippen molar-refractivity contribution in [2.24, 2.45) is 11.3 Å². The molecule has 16 heavy (non-hydrogen) atoms. The number of carbonyl (C=O) groups excluding carboxylic acids is 2. The molecule has 0 bridgehead atoms. The van der Waals surface area contributed by atoms with Crippen LogP contribution < -0.4 is 0 Å². The highest BCUT2D eigenvalue weighted by atomic mass is 127. The zero-order valence-electron chi connectivity index (χ0n) is 9.37. The molecule has 0 N–H and O–H groups in total. The van der Waals surface area contributed by atoms with Gasteiger partial charge in [0.1, 0.15) is 5.78 Å². The Bertz CT molecular complexity index is 320. The summed E-state index contributed by atoms with van der Waals surface area (Å²) in [7, 11) is 1.44. The van der Waals surface area contributed by atoms with Gasteiger partial charge in [-0.2, -0.15) is 0 Å². The Balaban J connectivity index is 2.26. The number of halogens is 1. The molecule has 90 valence electrons. The molecule has 1 saturated heterocycles. The average Bonchev–Trinajstić information content (AvgIpc) is 2.28. The van der Waals surface area contributed by atoms with E-state index in [2.05, 4.69) is 26.0 Å². The summed E-state index contributed by atoms with van der Waals surface area (Å²) in [6.45, 7) is 1.68. The second kappa shape index (κ2) is 4.60. The van der Waals surface area contributed by atoms with Crippen molar-refractivity contribution in [1.29, 1.82) is 0 Å². The summed E-state index contributed by atoms with van der Waals surface area (Å²) in [5, 5.41) is 0. The monoisotopic (exact) mass is 337 g/mol. The number of piperidine rings is 1. The zero-order chi connectivity index (χ0) is 11.8. The Labute approximate surface area is 109 Å². The van der Waals surface area contributed by atoms with Crippen molar-refractivity contribution in [3.63, 3.8) is 0 Å². The lowest BCUT2D eigenvalue weighted by atomic mass is 9.63. The number of carbonyl (C=O) groups is 2. The highest BCUT2D eigenvalue weighted by molar-refractivity contribution is 14.1. The summed E-state index contributed by atoms with van der Waals surface area (Å²) in [6, 6.07) is 0. The van der Waals surface area contributed by atoms with Gasteiger partial charge in [0.2, 0.25) is 0 Å². The number of fused-ring (bicyclic) bond motifs is 1. The van der Waals surface area contributed by atoms with Gasteiger partial charge >= 0.3 is 5.97 Å². The highest BCUT2D eigenvalue weighted by Crippen LogP contribution is 2.46. The van der Waals surface area contributed by atoms with Gasteiger partial charge in [-0.05, 0) is 18.8 Å². The van der Waals surface area contributed by atoms with Crippen molar-refractivity contribution in [1.82, 2.24) is 3.11 Å². The van der Waals surface area contributed by atoms with Gasteiger partial charge in [-0.3, -0.25) is 9.59 Å². The summed E-state index contributed by atoms with van der Waals surface area (Å²) in [6.07, 6.45) is 2.65. The molecule has 0 aromatic carbocycles. The van der Waals surface area contributed by atoms with E-state index in [1.165, 1.54) is 7.11 Å². The maximum absolute atomic E-state index is 12.0. The van der Waals surface area contributed by atoms with Crippen molar-refractivity contribution < 1.29 is 14.3 Å². The lowest BCUT2D eigenvalue weighted by Gasteiger charge is -2.46. The molecule has 4 nitrogen and oxygen atoms in total. The molecule has 1 aliphatic heterocycles. The molecule has 2 rings (SSSR count). The zero-order valence-corrected chi connectivity index (χ0v) is 11.5. The second-order valence-electron chi connectivity index (χ2n) is 4.72. The topological polar surface area (TPSA) is 46.6 Å². The van der Waals surface area contributed by atoms with Gasteiger partial charge in [0.15, 0.2) is 0 Å². The molecule has 1 saturated carbocycles. The molecule has 0 amide bonds. The first kappa shape index (κ1) is 12.3. The first-order chi connectivity index (χ1) is 7.58. The van der Waals surface area contributed by atoms with E-state index >= 15 is 0 Å². The quantitative estimate of drug-likeness (QED) is 0.414. The number of nitrogens with zero attached hydrogens (tertiary/aromatic N) is 1. The van der Waals surface area contributed by atoms with Gasteiger partial charge in [0.05, 0.1) is 12.5 Å². The van der Waals surface area contributed by atoms with Crippen LogP contribution >= 0.6 is 22.9 Å². The summed E-state index contributed by atoms with van der Waals surface area (Å²) in [5.74, 6) is 0.352. The number of hydrogen-bond donors (Lipinski definition) is 0. The van der Waals surface area contributed by atoms with Gasteiger partial charge in [-0.25, -0.2) is 3.11 Å². The maximum Gasteiger partial charge on any atom is 0.313 e. The minimum Gasteiger partial charge on any atom is -0.469 e. The van der Waals surface area contributed by atoms with Gasteiger partial charge in [0.25, 0.3) is 0 Å². The van der Waals surface area contributed by atoms with E-state index in [1.54, 1.807) is 0 Å². The van der Waals surface area contributed by atoms with E-state index < -0.39 is 5.41 Å². The van der Waals surface area contributed by atoms with E-state index in [1.807, 2.05) is 0 Å². The van der Waals surface area contributed by atoms with E-state index in [4.69, 9.17) is 4.74 Å². The fourth-order valence-electron chi connectivity index (χ4n) is 2.94. The van der Waals surface area contributed by atoms with Crippen LogP contribution in [0.5, 0.6) is 0 Å². The highest BCUT2D eigenvalue weighted by Gasteiger charge is 2.52. The van der Waals surface area contributed by atoms with E-state index in [0.29, 0.717) is 25.0 Å². The van der Waals surface area contributed by atoms with Crippen LogP contribution in [-0.4, -0.2) is 35.1 Å². The smallest absolute Gasteiger partial charge is 0.313 e. The van der Waals surface area contributed by atoms with Crippen LogP contribution in [0, 0.1) is 11.3 Å². The fourth-order valence-corrected chi connectivity index (χ4v) is 3.83. The van der Waals surface area contributed by atoms with Crippen LogP contribution in [-0.2, 0) is 14.3 Å². The summed E-state index contributed by atoms with van der Waals surface area (Å²) < 4.78 is 7.09. The van der Waals surface area contributed by atoms with Crippen molar-refractivity contribution in [3.8, 4) is 0 Å². The van der Waals surface area contributed by atoms with Crippen LogP contribution in [0.15, 0.2) is 0 Å². The van der Waals surface area contributed by atoms with Gasteiger partial charge in [0, 0.05) is 48.8 Å². The molecule has 2 aliphatic rings. The van der Waals surface area contributed by atoms with Crippen molar-refractivity contribution >= 4 is 34.6 Å². The predicted octanol–water partition coefficient (Wildman–Crippen LogP) is 1.57. The van der Waals surface area contributed by atoms with Gasteiger partial charge in [-0.1, -0.05) is 0 Å². The van der Waals surface area contributed by atoms with Crippen molar-refractivity contribution in [2.75, 3.05) is 20.2 Å². The number of esters is 1. The molecule has 0 spiro atoms. The maximum atomic E-state index is 12.0. The van der Waals surface area contributed by atoms with Crippen LogP contribution in [0.1, 0.15) is 25.7 Å². The average molecular weight is 337 g/mol. The lowest BCUT2D eigenvalue weighted by molar-refractivity contribution is -0.163. The molecule has 5 heteroatoms. The van der Waals surface area contributed by atoms with E-state index in [0.717, 1.165) is 19.5 Å². The van der Waals surface area contributed by atoms with Crippen molar-refractivity contribution in [3.05, 3.63) is 0 Å². The molecule has 1 aliphatic carbocycles. The summed E-state index contributed by atoms with van der Waals surface area (Å²) >= 11 is 2.25. The molecule has 0 unspecified atom stereocenters. The number of methoxy groups -OCH3 is 1. The standard InChI is InChI=1S/C11H16INO3/c1-16-10(15)11-4-2-9(14)6-8(11)3-5-13(12)7-11/h8H,2-7H2,1H3/t8-,11-/m0/s1. The van der Waals surface area contributed by atoms with Gasteiger partial charge in [-0.15, -0.1) is 0 Å². The van der Waals surface area contributed by atoms with Crippen LogP contribution in [0.3, 0.4) is 0 Å². The summed E-state index contributed by atoms with van der Waals surface area (Å²) in [4.78, 5) is 23.5. The Hall–Kier alpha value is -0.170.